The fourth-order valence-corrected chi connectivity index (χ4v) is 0.848. The first-order valence-electron chi connectivity index (χ1n) is 3.70. The van der Waals surface area contributed by atoms with Crippen molar-refractivity contribution >= 4 is 5.97 Å². The van der Waals surface area contributed by atoms with Gasteiger partial charge in [-0.15, -0.1) is 0 Å². The largest absolute Gasteiger partial charge is 0.469 e. The van der Waals surface area contributed by atoms with Crippen LogP contribution < -0.4 is 0 Å². The van der Waals surface area contributed by atoms with E-state index in [0.717, 1.165) is 5.76 Å². The zero-order valence-corrected chi connectivity index (χ0v) is 7.16. The Labute approximate surface area is 70.5 Å². The van der Waals surface area contributed by atoms with E-state index in [1.165, 1.54) is 7.11 Å². The molecule has 0 atom stereocenters. The van der Waals surface area contributed by atoms with Gasteiger partial charge in [-0.25, -0.2) is 4.98 Å². The van der Waals surface area contributed by atoms with Gasteiger partial charge in [0, 0.05) is 13.3 Å². The molecule has 0 aliphatic rings. The number of hydrogen-bond donors (Lipinski definition) is 0. The maximum absolute atomic E-state index is 10.7. The summed E-state index contributed by atoms with van der Waals surface area (Å²) < 4.78 is 9.64. The van der Waals surface area contributed by atoms with Gasteiger partial charge in [0.15, 0.2) is 5.89 Å². The van der Waals surface area contributed by atoms with Gasteiger partial charge in [0.2, 0.25) is 0 Å². The Balaban J connectivity index is 2.38. The average molecular weight is 169 g/mol. The fraction of sp³-hybridized carbons (Fsp3) is 0.500. The molecule has 0 aliphatic heterocycles. The SMILES string of the molecule is COC(=O)CCc1cnc(C)o1. The highest BCUT2D eigenvalue weighted by Gasteiger charge is 2.04. The number of ether oxygens (including phenoxy) is 1. The predicted molar refractivity (Wildman–Crippen MR) is 41.6 cm³/mol. The van der Waals surface area contributed by atoms with E-state index in [1.807, 2.05) is 0 Å². The van der Waals surface area contributed by atoms with Gasteiger partial charge >= 0.3 is 5.97 Å². The lowest BCUT2D eigenvalue weighted by Gasteiger charge is -1.94. The summed E-state index contributed by atoms with van der Waals surface area (Å²) in [5.41, 5.74) is 0. The van der Waals surface area contributed by atoms with Gasteiger partial charge in [0.25, 0.3) is 0 Å². The monoisotopic (exact) mass is 169 g/mol. The summed E-state index contributed by atoms with van der Waals surface area (Å²) in [6, 6.07) is 0. The van der Waals surface area contributed by atoms with Crippen molar-refractivity contribution in [3.8, 4) is 0 Å². The van der Waals surface area contributed by atoms with Crippen molar-refractivity contribution in [3.05, 3.63) is 17.8 Å². The Hall–Kier alpha value is -1.32. The molecule has 4 heteroatoms. The molecule has 1 heterocycles. The van der Waals surface area contributed by atoms with Crippen LogP contribution >= 0.6 is 0 Å². The Morgan fingerprint density at radius 3 is 3.00 bits per heavy atom. The van der Waals surface area contributed by atoms with Gasteiger partial charge in [-0.1, -0.05) is 0 Å². The number of oxazole rings is 1. The summed E-state index contributed by atoms with van der Waals surface area (Å²) in [5.74, 6) is 1.11. The quantitative estimate of drug-likeness (QED) is 0.635. The Kier molecular flexibility index (Phi) is 2.85. The Morgan fingerprint density at radius 1 is 1.75 bits per heavy atom. The average Bonchev–Trinajstić information content (AvgIpc) is 2.47. The first kappa shape index (κ1) is 8.77. The second kappa shape index (κ2) is 3.90. The molecule has 0 amide bonds. The molecule has 1 rings (SSSR count). The smallest absolute Gasteiger partial charge is 0.305 e. The van der Waals surface area contributed by atoms with Crippen molar-refractivity contribution in [2.75, 3.05) is 7.11 Å². The van der Waals surface area contributed by atoms with Crippen LogP contribution in [-0.2, 0) is 16.0 Å². The molecule has 1 aromatic rings. The number of methoxy groups -OCH3 is 1. The van der Waals surface area contributed by atoms with Crippen molar-refractivity contribution in [3.63, 3.8) is 0 Å². The molecule has 0 bridgehead atoms. The van der Waals surface area contributed by atoms with E-state index in [9.17, 15) is 4.79 Å². The fourth-order valence-electron chi connectivity index (χ4n) is 0.848. The van der Waals surface area contributed by atoms with Crippen molar-refractivity contribution in [1.82, 2.24) is 4.98 Å². The molecule has 0 aliphatic carbocycles. The number of aryl methyl sites for hydroxylation is 2. The lowest BCUT2D eigenvalue weighted by Crippen LogP contribution is -2.01. The number of nitrogens with zero attached hydrogens (tertiary/aromatic N) is 1. The zero-order chi connectivity index (χ0) is 8.97. The first-order chi connectivity index (χ1) is 5.72. The third-order valence-corrected chi connectivity index (χ3v) is 1.47. The standard InChI is InChI=1S/C8H11NO3/c1-6-9-5-7(12-6)3-4-8(10)11-2/h5H,3-4H2,1-2H3. The van der Waals surface area contributed by atoms with E-state index in [2.05, 4.69) is 9.72 Å². The molecule has 0 saturated heterocycles. The second-order valence-electron chi connectivity index (χ2n) is 2.42. The molecule has 1 aromatic heterocycles. The number of carbonyl (C=O) groups excluding carboxylic acids is 1. The van der Waals surface area contributed by atoms with Crippen LogP contribution in [0.25, 0.3) is 0 Å². The molecule has 4 nitrogen and oxygen atoms in total. The molecule has 0 unspecified atom stereocenters. The molecular formula is C8H11NO3. The molecule has 0 N–H and O–H groups in total. The van der Waals surface area contributed by atoms with Gasteiger partial charge in [-0.2, -0.15) is 0 Å². The van der Waals surface area contributed by atoms with Crippen LogP contribution in [0.2, 0.25) is 0 Å². The van der Waals surface area contributed by atoms with Crippen LogP contribution in [0.5, 0.6) is 0 Å². The molecule has 12 heavy (non-hydrogen) atoms. The minimum Gasteiger partial charge on any atom is -0.469 e. The van der Waals surface area contributed by atoms with Gasteiger partial charge in [-0.3, -0.25) is 4.79 Å². The van der Waals surface area contributed by atoms with E-state index in [1.54, 1.807) is 13.1 Å². The van der Waals surface area contributed by atoms with Gasteiger partial charge < -0.3 is 9.15 Å². The number of carbonyl (C=O) groups is 1. The topological polar surface area (TPSA) is 52.3 Å². The summed E-state index contributed by atoms with van der Waals surface area (Å²) in [6.45, 7) is 1.77. The van der Waals surface area contributed by atoms with E-state index in [4.69, 9.17) is 4.42 Å². The summed E-state index contributed by atoms with van der Waals surface area (Å²) in [5, 5.41) is 0. The number of esters is 1. The summed E-state index contributed by atoms with van der Waals surface area (Å²) in [6.07, 6.45) is 2.51. The lowest BCUT2D eigenvalue weighted by molar-refractivity contribution is -0.140. The maximum atomic E-state index is 10.7. The Morgan fingerprint density at radius 2 is 2.50 bits per heavy atom. The molecule has 0 saturated carbocycles. The second-order valence-corrected chi connectivity index (χ2v) is 2.42. The maximum Gasteiger partial charge on any atom is 0.305 e. The molecule has 0 fully saturated rings. The Bertz CT molecular complexity index is 267. The van der Waals surface area contributed by atoms with Crippen molar-refractivity contribution in [1.29, 1.82) is 0 Å². The van der Waals surface area contributed by atoms with Gasteiger partial charge in [0.05, 0.1) is 19.7 Å². The lowest BCUT2D eigenvalue weighted by atomic mass is 10.3. The molecular weight excluding hydrogens is 158 g/mol. The number of aromatic nitrogens is 1. The number of hydrogen-bond acceptors (Lipinski definition) is 4. The number of rotatable bonds is 3. The van der Waals surface area contributed by atoms with E-state index in [0.29, 0.717) is 18.7 Å². The highest BCUT2D eigenvalue weighted by molar-refractivity contribution is 5.69. The minimum absolute atomic E-state index is 0.232. The predicted octanol–water partition coefficient (Wildman–Crippen LogP) is 1.09. The van der Waals surface area contributed by atoms with Crippen molar-refractivity contribution < 1.29 is 13.9 Å². The van der Waals surface area contributed by atoms with Gasteiger partial charge in [0.1, 0.15) is 5.76 Å². The highest BCUT2D eigenvalue weighted by Crippen LogP contribution is 2.05. The third-order valence-electron chi connectivity index (χ3n) is 1.47. The first-order valence-corrected chi connectivity index (χ1v) is 3.70. The third kappa shape index (κ3) is 2.38. The molecule has 0 spiro atoms. The van der Waals surface area contributed by atoms with Crippen LogP contribution in [0, 0.1) is 6.92 Å². The van der Waals surface area contributed by atoms with E-state index >= 15 is 0 Å². The van der Waals surface area contributed by atoms with Crippen molar-refractivity contribution in [2.24, 2.45) is 0 Å². The van der Waals surface area contributed by atoms with Crippen LogP contribution in [0.15, 0.2) is 10.6 Å². The van der Waals surface area contributed by atoms with Crippen molar-refractivity contribution in [2.45, 2.75) is 19.8 Å². The van der Waals surface area contributed by atoms with E-state index < -0.39 is 0 Å². The zero-order valence-electron chi connectivity index (χ0n) is 7.16. The molecule has 66 valence electrons. The minimum atomic E-state index is -0.232. The van der Waals surface area contributed by atoms with Crippen LogP contribution in [0.4, 0.5) is 0 Å². The van der Waals surface area contributed by atoms with Crippen LogP contribution in [0.3, 0.4) is 0 Å². The van der Waals surface area contributed by atoms with E-state index in [-0.39, 0.29) is 5.97 Å². The van der Waals surface area contributed by atoms with Crippen LogP contribution in [-0.4, -0.2) is 18.1 Å². The molecule has 0 radical (unpaired) electrons. The normalized spacial score (nSPS) is 9.83. The summed E-state index contributed by atoms with van der Waals surface area (Å²) >= 11 is 0. The highest BCUT2D eigenvalue weighted by atomic mass is 16.5. The molecule has 0 aromatic carbocycles. The summed E-state index contributed by atoms with van der Waals surface area (Å²) in [7, 11) is 1.37. The van der Waals surface area contributed by atoms with Crippen LogP contribution in [0.1, 0.15) is 18.1 Å². The van der Waals surface area contributed by atoms with Gasteiger partial charge in [-0.05, 0) is 0 Å². The summed E-state index contributed by atoms with van der Waals surface area (Å²) in [4.78, 5) is 14.6.